The van der Waals surface area contributed by atoms with Crippen LogP contribution in [0.5, 0.6) is 0 Å². The number of nitrogens with zero attached hydrogens (tertiary/aromatic N) is 5. The third kappa shape index (κ3) is 3.31. The molecule has 7 heteroatoms. The molecule has 0 saturated heterocycles. The Bertz CT molecular complexity index is 888. The van der Waals surface area contributed by atoms with Crippen LogP contribution in [-0.4, -0.2) is 39.9 Å². The van der Waals surface area contributed by atoms with Crippen LogP contribution in [0.3, 0.4) is 0 Å². The molecule has 0 spiro atoms. The summed E-state index contributed by atoms with van der Waals surface area (Å²) in [6, 6.07) is 8.57. The fourth-order valence-corrected chi connectivity index (χ4v) is 2.72. The van der Waals surface area contributed by atoms with Gasteiger partial charge in [-0.25, -0.2) is 14.6 Å². The summed E-state index contributed by atoms with van der Waals surface area (Å²) in [6.45, 7) is 4.22. The molecule has 0 fully saturated rings. The molecule has 0 N–H and O–H groups in total. The summed E-state index contributed by atoms with van der Waals surface area (Å²) in [6.07, 6.45) is 3.18. The van der Waals surface area contributed by atoms with Crippen molar-refractivity contribution in [1.82, 2.24) is 19.7 Å². The first-order valence-corrected chi connectivity index (χ1v) is 8.04. The lowest BCUT2D eigenvalue weighted by Crippen LogP contribution is -2.23. The maximum absolute atomic E-state index is 11.5. The van der Waals surface area contributed by atoms with E-state index in [1.807, 2.05) is 7.05 Å². The third-order valence-electron chi connectivity index (χ3n) is 4.39. The summed E-state index contributed by atoms with van der Waals surface area (Å²) in [5.74, 6) is 0.403. The number of aromatic nitrogens is 4. The molecule has 2 aromatic heterocycles. The number of aryl methyl sites for hydroxylation is 1. The van der Waals surface area contributed by atoms with Gasteiger partial charge in [0.2, 0.25) is 0 Å². The van der Waals surface area contributed by atoms with Gasteiger partial charge in [-0.3, -0.25) is 4.79 Å². The summed E-state index contributed by atoms with van der Waals surface area (Å²) in [7, 11) is 3.34. The van der Waals surface area contributed by atoms with Crippen LogP contribution < -0.4 is 4.90 Å². The molecule has 0 aliphatic heterocycles. The number of fused-ring (bicyclic) bond motifs is 1. The van der Waals surface area contributed by atoms with Crippen LogP contribution in [0, 0.1) is 6.92 Å². The maximum atomic E-state index is 11.5. The van der Waals surface area contributed by atoms with Gasteiger partial charge in [-0.15, -0.1) is 0 Å². The molecule has 0 saturated carbocycles. The van der Waals surface area contributed by atoms with Crippen LogP contribution in [0.2, 0.25) is 0 Å². The summed E-state index contributed by atoms with van der Waals surface area (Å²) >= 11 is 0. The molecule has 3 rings (SSSR count). The van der Waals surface area contributed by atoms with E-state index < -0.39 is 0 Å². The number of hydrogen-bond acceptors (Lipinski definition) is 6. The highest BCUT2D eigenvalue weighted by Crippen LogP contribution is 2.29. The van der Waals surface area contributed by atoms with Crippen molar-refractivity contribution in [2.24, 2.45) is 0 Å². The zero-order valence-electron chi connectivity index (χ0n) is 14.8. The maximum Gasteiger partial charge on any atom is 0.327 e. The average Bonchev–Trinajstić information content (AvgIpc) is 3.04. The van der Waals surface area contributed by atoms with Gasteiger partial charge in [0, 0.05) is 7.05 Å². The quantitative estimate of drug-likeness (QED) is 0.665. The van der Waals surface area contributed by atoms with Gasteiger partial charge in [-0.1, -0.05) is 29.8 Å². The van der Waals surface area contributed by atoms with E-state index in [0.717, 1.165) is 11.2 Å². The molecule has 0 aliphatic rings. The normalized spacial score (nSPS) is 12.2. The number of ether oxygens (including phenoxy) is 1. The van der Waals surface area contributed by atoms with Gasteiger partial charge in [0.15, 0.2) is 5.65 Å². The number of esters is 1. The van der Waals surface area contributed by atoms with E-state index >= 15 is 0 Å². The molecule has 25 heavy (non-hydrogen) atoms. The van der Waals surface area contributed by atoms with Gasteiger partial charge in [-0.2, -0.15) is 5.10 Å². The molecule has 1 aromatic carbocycles. The third-order valence-corrected chi connectivity index (χ3v) is 4.39. The zero-order valence-corrected chi connectivity index (χ0v) is 14.8. The van der Waals surface area contributed by atoms with Crippen molar-refractivity contribution in [2.75, 3.05) is 19.1 Å². The average molecular weight is 339 g/mol. The standard InChI is InChI=1S/C18H21N5O2/c1-12-5-7-14(8-6-12)13(2)22(3)17-15-9-21-23(10-16(24)25-4)18(15)20-11-19-17/h5-9,11,13H,10H2,1-4H3/t13-/m0/s1. The fourth-order valence-electron chi connectivity index (χ4n) is 2.72. The fraction of sp³-hybridized carbons (Fsp3) is 0.333. The molecular weight excluding hydrogens is 318 g/mol. The number of rotatable bonds is 5. The Hall–Kier alpha value is -2.96. The molecule has 0 unspecified atom stereocenters. The Balaban J connectivity index is 1.95. The topological polar surface area (TPSA) is 73.1 Å². The van der Waals surface area contributed by atoms with E-state index in [9.17, 15) is 4.79 Å². The molecule has 7 nitrogen and oxygen atoms in total. The highest BCUT2D eigenvalue weighted by Gasteiger charge is 2.19. The van der Waals surface area contributed by atoms with E-state index in [-0.39, 0.29) is 18.6 Å². The second-order valence-electron chi connectivity index (χ2n) is 6.01. The minimum Gasteiger partial charge on any atom is -0.468 e. The van der Waals surface area contributed by atoms with Gasteiger partial charge < -0.3 is 9.64 Å². The van der Waals surface area contributed by atoms with E-state index in [1.165, 1.54) is 29.2 Å². The largest absolute Gasteiger partial charge is 0.468 e. The molecular formula is C18H21N5O2. The second kappa shape index (κ2) is 6.88. The number of benzene rings is 1. The van der Waals surface area contributed by atoms with Gasteiger partial charge >= 0.3 is 5.97 Å². The Morgan fingerprint density at radius 1 is 1.28 bits per heavy atom. The molecule has 0 bridgehead atoms. The van der Waals surface area contributed by atoms with Crippen molar-refractivity contribution in [3.05, 3.63) is 47.9 Å². The van der Waals surface area contributed by atoms with Crippen molar-refractivity contribution < 1.29 is 9.53 Å². The van der Waals surface area contributed by atoms with Crippen molar-refractivity contribution in [2.45, 2.75) is 26.4 Å². The number of anilines is 1. The highest BCUT2D eigenvalue weighted by molar-refractivity contribution is 5.87. The lowest BCUT2D eigenvalue weighted by Gasteiger charge is -2.26. The minimum atomic E-state index is -0.369. The van der Waals surface area contributed by atoms with Crippen LogP contribution in [0.15, 0.2) is 36.8 Å². The highest BCUT2D eigenvalue weighted by atomic mass is 16.5. The molecule has 2 heterocycles. The van der Waals surface area contributed by atoms with E-state index in [1.54, 1.807) is 6.20 Å². The predicted octanol–water partition coefficient (Wildman–Crippen LogP) is 2.51. The van der Waals surface area contributed by atoms with Crippen molar-refractivity contribution >= 4 is 22.8 Å². The van der Waals surface area contributed by atoms with Crippen LogP contribution in [0.1, 0.15) is 24.1 Å². The number of hydrogen-bond donors (Lipinski definition) is 0. The number of carbonyl (C=O) groups excluding carboxylic acids is 1. The van der Waals surface area contributed by atoms with E-state index in [4.69, 9.17) is 4.74 Å². The van der Waals surface area contributed by atoms with Crippen LogP contribution in [0.25, 0.3) is 11.0 Å². The minimum absolute atomic E-state index is 0.0215. The van der Waals surface area contributed by atoms with Gasteiger partial charge in [0.25, 0.3) is 0 Å². The lowest BCUT2D eigenvalue weighted by atomic mass is 10.1. The molecule has 3 aromatic rings. The van der Waals surface area contributed by atoms with Crippen LogP contribution in [0.4, 0.5) is 5.82 Å². The van der Waals surface area contributed by atoms with Crippen molar-refractivity contribution in [3.8, 4) is 0 Å². The summed E-state index contributed by atoms with van der Waals surface area (Å²) in [4.78, 5) is 22.3. The molecule has 0 amide bonds. The van der Waals surface area contributed by atoms with E-state index in [2.05, 4.69) is 58.1 Å². The zero-order chi connectivity index (χ0) is 18.0. The van der Waals surface area contributed by atoms with Crippen molar-refractivity contribution in [1.29, 1.82) is 0 Å². The monoisotopic (exact) mass is 339 g/mol. The van der Waals surface area contributed by atoms with Gasteiger partial charge in [0.05, 0.1) is 24.7 Å². The predicted molar refractivity (Wildman–Crippen MR) is 95.3 cm³/mol. The summed E-state index contributed by atoms with van der Waals surface area (Å²) in [5.41, 5.74) is 3.03. The molecule has 130 valence electrons. The molecule has 1 atom stereocenters. The van der Waals surface area contributed by atoms with Crippen LogP contribution in [-0.2, 0) is 16.1 Å². The Morgan fingerprint density at radius 3 is 2.68 bits per heavy atom. The van der Waals surface area contributed by atoms with Gasteiger partial charge in [0.1, 0.15) is 18.7 Å². The van der Waals surface area contributed by atoms with E-state index in [0.29, 0.717) is 5.65 Å². The van der Waals surface area contributed by atoms with Crippen molar-refractivity contribution in [3.63, 3.8) is 0 Å². The number of carbonyl (C=O) groups is 1. The Labute approximate surface area is 146 Å². The summed E-state index contributed by atoms with van der Waals surface area (Å²) < 4.78 is 6.23. The first-order chi connectivity index (χ1) is 12.0. The first-order valence-electron chi connectivity index (χ1n) is 8.04. The Kier molecular flexibility index (Phi) is 4.65. The first kappa shape index (κ1) is 16.9. The Morgan fingerprint density at radius 2 is 2.00 bits per heavy atom. The second-order valence-corrected chi connectivity index (χ2v) is 6.01. The summed E-state index contributed by atoms with van der Waals surface area (Å²) in [5, 5.41) is 5.06. The SMILES string of the molecule is COC(=O)Cn1ncc2c(N(C)[C@@H](C)c3ccc(C)cc3)ncnc21. The molecule has 0 aliphatic carbocycles. The smallest absolute Gasteiger partial charge is 0.327 e. The van der Waals surface area contributed by atoms with Gasteiger partial charge in [-0.05, 0) is 19.4 Å². The van der Waals surface area contributed by atoms with Crippen LogP contribution >= 0.6 is 0 Å². The molecule has 0 radical (unpaired) electrons. The number of methoxy groups -OCH3 is 1. The lowest BCUT2D eigenvalue weighted by molar-refractivity contribution is -0.141.